The third kappa shape index (κ3) is 9.12. The van der Waals surface area contributed by atoms with Gasteiger partial charge in [0.15, 0.2) is 11.6 Å². The van der Waals surface area contributed by atoms with E-state index >= 15 is 0 Å². The summed E-state index contributed by atoms with van der Waals surface area (Å²) in [5, 5.41) is 15.9. The monoisotopic (exact) mass is 615 g/mol. The molecular weight excluding hydrogens is 574 g/mol. The van der Waals surface area contributed by atoms with E-state index in [9.17, 15) is 29.1 Å². The van der Waals surface area contributed by atoms with Crippen LogP contribution >= 0.6 is 0 Å². The van der Waals surface area contributed by atoms with Crippen LogP contribution in [0.1, 0.15) is 31.4 Å². The second-order valence-electron chi connectivity index (χ2n) is 11.7. The molecule has 0 aliphatic carbocycles. The first-order valence-corrected chi connectivity index (χ1v) is 15.2. The van der Waals surface area contributed by atoms with Crippen LogP contribution < -0.4 is 16.4 Å². The zero-order valence-corrected chi connectivity index (χ0v) is 25.6. The Bertz CT molecular complexity index is 1460. The van der Waals surface area contributed by atoms with E-state index in [1.807, 2.05) is 74.5 Å². The molecule has 4 atom stereocenters. The molecule has 2 aromatic rings. The maximum Gasteiger partial charge on any atom is 0.326 e. The van der Waals surface area contributed by atoms with Crippen molar-refractivity contribution < 1.29 is 29.1 Å². The van der Waals surface area contributed by atoms with Crippen molar-refractivity contribution in [2.75, 3.05) is 26.2 Å². The average Bonchev–Trinajstić information content (AvgIpc) is 3.02. The Kier molecular flexibility index (Phi) is 11.3. The third-order valence-electron chi connectivity index (χ3n) is 8.09. The van der Waals surface area contributed by atoms with Crippen LogP contribution in [0.4, 0.5) is 0 Å². The number of carboxylic acid groups (broad SMARTS) is 1. The molecule has 4 rings (SSSR count). The van der Waals surface area contributed by atoms with Gasteiger partial charge in [-0.05, 0) is 23.5 Å². The molecule has 238 valence electrons. The van der Waals surface area contributed by atoms with E-state index in [0.29, 0.717) is 24.2 Å². The second kappa shape index (κ2) is 15.3. The van der Waals surface area contributed by atoms with Gasteiger partial charge in [0.25, 0.3) is 0 Å². The predicted octanol–water partition coefficient (Wildman–Crippen LogP) is 1.44. The summed E-state index contributed by atoms with van der Waals surface area (Å²) in [7, 11) is 0. The highest BCUT2D eigenvalue weighted by Gasteiger charge is 2.33. The Morgan fingerprint density at radius 1 is 0.778 bits per heavy atom. The number of benzene rings is 2. The SMILES string of the molecule is CC[C@H](C)[C@H](NC1=CC(=O)CN(C(=O)[C@H](Cc2ccccc2)NC2=CC(=O)CN(C(=O)[C@@H](N)Cc3ccccc3)C2)C1)C(=O)O. The first-order chi connectivity index (χ1) is 21.5. The number of hydrogen-bond donors (Lipinski definition) is 4. The molecular formula is C34H41N5O6. The van der Waals surface area contributed by atoms with Crippen LogP contribution in [-0.4, -0.2) is 88.6 Å². The highest BCUT2D eigenvalue weighted by molar-refractivity contribution is 5.98. The molecule has 0 radical (unpaired) electrons. The fourth-order valence-corrected chi connectivity index (χ4v) is 5.52. The van der Waals surface area contributed by atoms with Gasteiger partial charge in [0.2, 0.25) is 11.8 Å². The summed E-state index contributed by atoms with van der Waals surface area (Å²) in [5.74, 6) is -2.65. The van der Waals surface area contributed by atoms with Gasteiger partial charge < -0.3 is 31.3 Å². The molecule has 0 aromatic heterocycles. The van der Waals surface area contributed by atoms with Crippen molar-refractivity contribution in [1.29, 1.82) is 0 Å². The number of amides is 2. The number of nitrogens with zero attached hydrogens (tertiary/aromatic N) is 2. The third-order valence-corrected chi connectivity index (χ3v) is 8.09. The molecule has 0 saturated heterocycles. The lowest BCUT2D eigenvalue weighted by molar-refractivity contribution is -0.140. The number of hydrogen-bond acceptors (Lipinski definition) is 8. The van der Waals surface area contributed by atoms with Crippen LogP contribution in [0.15, 0.2) is 84.2 Å². The van der Waals surface area contributed by atoms with E-state index in [1.54, 1.807) is 0 Å². The summed E-state index contributed by atoms with van der Waals surface area (Å²) in [6.45, 7) is 3.48. The summed E-state index contributed by atoms with van der Waals surface area (Å²) >= 11 is 0. The Labute approximate surface area is 263 Å². The van der Waals surface area contributed by atoms with Crippen LogP contribution in [0, 0.1) is 5.92 Å². The minimum atomic E-state index is -1.04. The molecule has 11 heteroatoms. The molecule has 5 N–H and O–H groups in total. The quantitative estimate of drug-likeness (QED) is 0.261. The average molecular weight is 616 g/mol. The number of ketones is 2. The van der Waals surface area contributed by atoms with Crippen molar-refractivity contribution in [1.82, 2.24) is 20.4 Å². The molecule has 0 fully saturated rings. The number of carbonyl (C=O) groups is 5. The fraction of sp³-hybridized carbons (Fsp3) is 0.382. The van der Waals surface area contributed by atoms with Gasteiger partial charge in [0.1, 0.15) is 12.1 Å². The molecule has 11 nitrogen and oxygen atoms in total. The molecule has 2 aliphatic heterocycles. The van der Waals surface area contributed by atoms with Gasteiger partial charge >= 0.3 is 5.97 Å². The van der Waals surface area contributed by atoms with Crippen LogP contribution in [-0.2, 0) is 36.8 Å². The van der Waals surface area contributed by atoms with Gasteiger partial charge in [-0.15, -0.1) is 0 Å². The fourth-order valence-electron chi connectivity index (χ4n) is 5.52. The van der Waals surface area contributed by atoms with Crippen molar-refractivity contribution in [3.8, 4) is 0 Å². The maximum absolute atomic E-state index is 14.0. The normalized spacial score (nSPS) is 17.8. The largest absolute Gasteiger partial charge is 0.480 e. The first-order valence-electron chi connectivity index (χ1n) is 15.2. The van der Waals surface area contributed by atoms with Crippen LogP contribution in [0.25, 0.3) is 0 Å². The van der Waals surface area contributed by atoms with E-state index < -0.39 is 30.0 Å². The zero-order valence-electron chi connectivity index (χ0n) is 25.6. The van der Waals surface area contributed by atoms with E-state index in [2.05, 4.69) is 10.6 Å². The summed E-state index contributed by atoms with van der Waals surface area (Å²) in [6.07, 6.45) is 3.93. The smallest absolute Gasteiger partial charge is 0.326 e. The Balaban J connectivity index is 1.51. The standard InChI is InChI=1S/C34H41N5O6/c1-3-22(2)31(34(44)45)37-26-17-28(41)21-39(19-26)33(43)30(15-24-12-8-5-9-13-24)36-25-16-27(40)20-38(18-25)32(42)29(35)14-23-10-6-4-7-11-23/h4-13,16-17,22,29-31,36-37H,3,14-15,18-21,35H2,1-2H3,(H,44,45)/t22-,29-,30-,31-/m0/s1. The van der Waals surface area contributed by atoms with Crippen LogP contribution in [0.3, 0.4) is 0 Å². The first kappa shape index (κ1) is 33.1. The lowest BCUT2D eigenvalue weighted by atomic mass is 9.98. The van der Waals surface area contributed by atoms with Gasteiger partial charge in [-0.3, -0.25) is 19.2 Å². The maximum atomic E-state index is 14.0. The van der Waals surface area contributed by atoms with Crippen molar-refractivity contribution in [2.45, 2.75) is 51.2 Å². The lowest BCUT2D eigenvalue weighted by Crippen LogP contribution is -2.55. The molecule has 0 bridgehead atoms. The van der Waals surface area contributed by atoms with E-state index in [1.165, 1.54) is 22.0 Å². The summed E-state index contributed by atoms with van der Waals surface area (Å²) in [4.78, 5) is 67.4. The van der Waals surface area contributed by atoms with Gasteiger partial charge in [0.05, 0.1) is 32.2 Å². The number of carbonyl (C=O) groups excluding carboxylic acids is 4. The van der Waals surface area contributed by atoms with Crippen molar-refractivity contribution >= 4 is 29.4 Å². The molecule has 45 heavy (non-hydrogen) atoms. The van der Waals surface area contributed by atoms with Gasteiger partial charge in [-0.2, -0.15) is 0 Å². The zero-order chi connectivity index (χ0) is 32.5. The van der Waals surface area contributed by atoms with E-state index in [4.69, 9.17) is 5.73 Å². The van der Waals surface area contributed by atoms with Gasteiger partial charge in [-0.25, -0.2) is 4.79 Å². The highest BCUT2D eigenvalue weighted by Crippen LogP contribution is 2.17. The predicted molar refractivity (Wildman–Crippen MR) is 169 cm³/mol. The Hall–Kier alpha value is -4.77. The molecule has 2 aliphatic rings. The number of nitrogens with one attached hydrogen (secondary N) is 2. The molecule has 0 saturated carbocycles. The van der Waals surface area contributed by atoms with E-state index in [0.717, 1.165) is 11.1 Å². The van der Waals surface area contributed by atoms with Gasteiger partial charge in [-0.1, -0.05) is 80.9 Å². The molecule has 0 unspecified atom stereocenters. The second-order valence-corrected chi connectivity index (χ2v) is 11.7. The van der Waals surface area contributed by atoms with Gasteiger partial charge in [0, 0.05) is 30.0 Å². The van der Waals surface area contributed by atoms with Crippen molar-refractivity contribution in [3.63, 3.8) is 0 Å². The molecule has 2 amide bonds. The topological polar surface area (TPSA) is 162 Å². The summed E-state index contributed by atoms with van der Waals surface area (Å²) < 4.78 is 0. The Morgan fingerprint density at radius 3 is 1.78 bits per heavy atom. The molecule has 2 aromatic carbocycles. The molecule has 0 spiro atoms. The Morgan fingerprint density at radius 2 is 1.27 bits per heavy atom. The highest BCUT2D eigenvalue weighted by atomic mass is 16.4. The minimum absolute atomic E-state index is 0.0225. The number of aliphatic carboxylic acids is 1. The number of carboxylic acids is 1. The molecule has 2 heterocycles. The van der Waals surface area contributed by atoms with Crippen LogP contribution in [0.5, 0.6) is 0 Å². The summed E-state index contributed by atoms with van der Waals surface area (Å²) in [5.41, 5.74) is 8.74. The van der Waals surface area contributed by atoms with Crippen molar-refractivity contribution in [3.05, 3.63) is 95.3 Å². The number of nitrogens with two attached hydrogens (primary N) is 1. The minimum Gasteiger partial charge on any atom is -0.480 e. The van der Waals surface area contributed by atoms with Crippen LogP contribution in [0.2, 0.25) is 0 Å². The van der Waals surface area contributed by atoms with E-state index in [-0.39, 0.29) is 56.0 Å². The summed E-state index contributed by atoms with van der Waals surface area (Å²) in [6, 6.07) is 16.1. The van der Waals surface area contributed by atoms with Crippen molar-refractivity contribution in [2.24, 2.45) is 11.7 Å². The number of rotatable bonds is 13. The lowest BCUT2D eigenvalue weighted by Gasteiger charge is -2.34.